The Morgan fingerprint density at radius 1 is 1.33 bits per heavy atom. The number of barbiturate groups is 1. The molecule has 2 rings (SSSR count). The fourth-order valence-corrected chi connectivity index (χ4v) is 2.39. The highest BCUT2D eigenvalue weighted by atomic mass is 79.9. The van der Waals surface area contributed by atoms with Crippen LogP contribution in [0.4, 0.5) is 10.5 Å². The summed E-state index contributed by atoms with van der Waals surface area (Å²) in [6, 6.07) is 2.44. The van der Waals surface area contributed by atoms with Gasteiger partial charge < -0.3 is 0 Å². The number of urea groups is 1. The van der Waals surface area contributed by atoms with E-state index in [2.05, 4.69) is 21.2 Å². The number of benzene rings is 1. The minimum atomic E-state index is -0.767. The molecule has 1 aliphatic rings. The number of anilines is 1. The van der Waals surface area contributed by atoms with Gasteiger partial charge in [0, 0.05) is 9.50 Å². The summed E-state index contributed by atoms with van der Waals surface area (Å²) in [5.41, 5.74) is 1.13. The summed E-state index contributed by atoms with van der Waals surface area (Å²) in [5, 5.41) is 2.52. The van der Waals surface area contributed by atoms with Gasteiger partial charge in [0.15, 0.2) is 0 Å². The van der Waals surface area contributed by atoms with E-state index >= 15 is 0 Å². The average Bonchev–Trinajstić information content (AvgIpc) is 2.24. The molecular formula is C11H8BrClN2O3. The van der Waals surface area contributed by atoms with E-state index < -0.39 is 17.8 Å². The predicted molar refractivity (Wildman–Crippen MR) is 69.5 cm³/mol. The summed E-state index contributed by atoms with van der Waals surface area (Å²) in [5.74, 6) is -1.18. The van der Waals surface area contributed by atoms with Crippen LogP contribution in [0.1, 0.15) is 12.0 Å². The Kier molecular flexibility index (Phi) is 3.41. The predicted octanol–water partition coefficient (Wildman–Crippen LogP) is 2.38. The molecule has 5 nitrogen and oxygen atoms in total. The Bertz CT molecular complexity index is 554. The van der Waals surface area contributed by atoms with Crippen LogP contribution in [0.15, 0.2) is 16.6 Å². The molecule has 1 heterocycles. The van der Waals surface area contributed by atoms with Crippen molar-refractivity contribution in [2.45, 2.75) is 13.3 Å². The zero-order valence-electron chi connectivity index (χ0n) is 9.29. The quantitative estimate of drug-likeness (QED) is 0.804. The van der Waals surface area contributed by atoms with Gasteiger partial charge in [0.25, 0.3) is 0 Å². The summed E-state index contributed by atoms with van der Waals surface area (Å²) >= 11 is 9.24. The molecule has 1 fully saturated rings. The number of rotatable bonds is 1. The Labute approximate surface area is 116 Å². The Morgan fingerprint density at radius 3 is 2.61 bits per heavy atom. The molecule has 0 aromatic heterocycles. The second-order valence-electron chi connectivity index (χ2n) is 3.81. The van der Waals surface area contributed by atoms with E-state index in [1.165, 1.54) is 6.07 Å². The standard InChI is InChI=1S/C11H8BrClN2O3/c1-5-2-6(12)8(3-7(5)13)15-10(17)4-9(16)14-11(15)18/h2-3H,4H2,1H3,(H,14,16,18). The van der Waals surface area contributed by atoms with Crippen molar-refractivity contribution in [2.24, 2.45) is 0 Å². The molecule has 4 amide bonds. The number of carbonyl (C=O) groups is 3. The summed E-state index contributed by atoms with van der Waals surface area (Å²) < 4.78 is 0.558. The van der Waals surface area contributed by atoms with Crippen LogP contribution in [0.5, 0.6) is 0 Å². The highest BCUT2D eigenvalue weighted by Crippen LogP contribution is 2.33. The van der Waals surface area contributed by atoms with Gasteiger partial charge in [-0.1, -0.05) is 11.6 Å². The smallest absolute Gasteiger partial charge is 0.277 e. The molecule has 0 aliphatic carbocycles. The maximum Gasteiger partial charge on any atom is 0.335 e. The summed E-state index contributed by atoms with van der Waals surface area (Å²) in [6.45, 7) is 1.80. The molecule has 1 N–H and O–H groups in total. The lowest BCUT2D eigenvalue weighted by Gasteiger charge is -2.26. The lowest BCUT2D eigenvalue weighted by atomic mass is 10.2. The first kappa shape index (κ1) is 13.0. The van der Waals surface area contributed by atoms with E-state index in [4.69, 9.17) is 11.6 Å². The van der Waals surface area contributed by atoms with Crippen LogP contribution in [-0.4, -0.2) is 17.8 Å². The van der Waals surface area contributed by atoms with Crippen molar-refractivity contribution in [3.63, 3.8) is 0 Å². The number of aryl methyl sites for hydroxylation is 1. The van der Waals surface area contributed by atoms with Gasteiger partial charge in [-0.05, 0) is 40.5 Å². The van der Waals surface area contributed by atoms with E-state index in [1.54, 1.807) is 13.0 Å². The second-order valence-corrected chi connectivity index (χ2v) is 5.07. The number of nitrogens with one attached hydrogen (secondary N) is 1. The first-order valence-electron chi connectivity index (χ1n) is 5.02. The van der Waals surface area contributed by atoms with Crippen molar-refractivity contribution in [3.05, 3.63) is 27.2 Å². The maximum absolute atomic E-state index is 11.7. The number of hydrogen-bond donors (Lipinski definition) is 1. The van der Waals surface area contributed by atoms with E-state index in [0.717, 1.165) is 10.5 Å². The number of hydrogen-bond acceptors (Lipinski definition) is 3. The van der Waals surface area contributed by atoms with Crippen LogP contribution in [0.25, 0.3) is 0 Å². The molecule has 0 atom stereocenters. The minimum Gasteiger partial charge on any atom is -0.277 e. The van der Waals surface area contributed by atoms with Gasteiger partial charge in [-0.25, -0.2) is 9.69 Å². The van der Waals surface area contributed by atoms with Crippen LogP contribution in [-0.2, 0) is 9.59 Å². The van der Waals surface area contributed by atoms with Gasteiger partial charge in [0.2, 0.25) is 11.8 Å². The number of halogens is 2. The lowest BCUT2D eigenvalue weighted by molar-refractivity contribution is -0.128. The van der Waals surface area contributed by atoms with Crippen molar-refractivity contribution < 1.29 is 14.4 Å². The van der Waals surface area contributed by atoms with Crippen molar-refractivity contribution in [3.8, 4) is 0 Å². The molecular weight excluding hydrogens is 323 g/mol. The molecule has 1 aromatic carbocycles. The van der Waals surface area contributed by atoms with Gasteiger partial charge in [0.1, 0.15) is 6.42 Å². The van der Waals surface area contributed by atoms with Crippen LogP contribution < -0.4 is 10.2 Å². The summed E-state index contributed by atoms with van der Waals surface area (Å²) in [6.07, 6.45) is -0.357. The molecule has 0 radical (unpaired) electrons. The number of carbonyl (C=O) groups excluding carboxylic acids is 3. The molecule has 94 valence electrons. The van der Waals surface area contributed by atoms with Gasteiger partial charge in [-0.3, -0.25) is 14.9 Å². The summed E-state index contributed by atoms with van der Waals surface area (Å²) in [7, 11) is 0. The Hall–Kier alpha value is -1.40. The van der Waals surface area contributed by atoms with Crippen molar-refractivity contribution in [2.75, 3.05) is 4.90 Å². The molecule has 7 heteroatoms. The van der Waals surface area contributed by atoms with Crippen LogP contribution in [0, 0.1) is 6.92 Å². The highest BCUT2D eigenvalue weighted by Gasteiger charge is 2.33. The maximum atomic E-state index is 11.7. The Morgan fingerprint density at radius 2 is 2.00 bits per heavy atom. The van der Waals surface area contributed by atoms with Crippen molar-refractivity contribution in [1.29, 1.82) is 0 Å². The molecule has 0 bridgehead atoms. The largest absolute Gasteiger partial charge is 0.335 e. The van der Waals surface area contributed by atoms with Crippen molar-refractivity contribution >= 4 is 51.1 Å². The molecule has 0 unspecified atom stereocenters. The number of amides is 4. The zero-order valence-corrected chi connectivity index (χ0v) is 11.6. The third-order valence-electron chi connectivity index (χ3n) is 2.48. The minimum absolute atomic E-state index is 0.320. The fourth-order valence-electron chi connectivity index (χ4n) is 1.60. The lowest BCUT2D eigenvalue weighted by Crippen LogP contribution is -2.53. The van der Waals surface area contributed by atoms with Crippen LogP contribution in [0.3, 0.4) is 0 Å². The van der Waals surface area contributed by atoms with Gasteiger partial charge in [0.05, 0.1) is 5.69 Å². The average molecular weight is 332 g/mol. The summed E-state index contributed by atoms with van der Waals surface area (Å²) in [4.78, 5) is 35.4. The van der Waals surface area contributed by atoms with Gasteiger partial charge in [-0.15, -0.1) is 0 Å². The molecule has 0 spiro atoms. The number of nitrogens with zero attached hydrogens (tertiary/aromatic N) is 1. The normalized spacial score (nSPS) is 15.9. The topological polar surface area (TPSA) is 66.5 Å². The third-order valence-corrected chi connectivity index (χ3v) is 3.52. The molecule has 0 saturated carbocycles. The van der Waals surface area contributed by atoms with Crippen molar-refractivity contribution in [1.82, 2.24) is 5.32 Å². The van der Waals surface area contributed by atoms with Crippen LogP contribution in [0.2, 0.25) is 5.02 Å². The van der Waals surface area contributed by atoms with E-state index in [0.29, 0.717) is 15.2 Å². The monoisotopic (exact) mass is 330 g/mol. The first-order valence-corrected chi connectivity index (χ1v) is 6.19. The third kappa shape index (κ3) is 2.26. The van der Waals surface area contributed by atoms with Crippen LogP contribution >= 0.6 is 27.5 Å². The number of imide groups is 2. The second kappa shape index (κ2) is 4.70. The highest BCUT2D eigenvalue weighted by molar-refractivity contribution is 9.10. The van der Waals surface area contributed by atoms with Gasteiger partial charge in [-0.2, -0.15) is 0 Å². The Balaban J connectivity index is 2.48. The fraction of sp³-hybridized carbons (Fsp3) is 0.182. The van der Waals surface area contributed by atoms with E-state index in [-0.39, 0.29) is 6.42 Å². The molecule has 1 aromatic rings. The first-order chi connectivity index (χ1) is 8.40. The molecule has 18 heavy (non-hydrogen) atoms. The molecule has 1 aliphatic heterocycles. The molecule has 1 saturated heterocycles. The SMILES string of the molecule is Cc1cc(Br)c(N2C(=O)CC(=O)NC2=O)cc1Cl. The van der Waals surface area contributed by atoms with E-state index in [9.17, 15) is 14.4 Å². The van der Waals surface area contributed by atoms with Gasteiger partial charge >= 0.3 is 6.03 Å². The van der Waals surface area contributed by atoms with E-state index in [1.807, 2.05) is 0 Å². The zero-order chi connectivity index (χ0) is 13.4.